The van der Waals surface area contributed by atoms with Crippen LogP contribution in [0.25, 0.3) is 0 Å². The minimum absolute atomic E-state index is 0.175. The number of amides is 2. The fourth-order valence-corrected chi connectivity index (χ4v) is 4.26. The second-order valence-corrected chi connectivity index (χ2v) is 7.90. The second kappa shape index (κ2) is 9.53. The summed E-state index contributed by atoms with van der Waals surface area (Å²) in [4.78, 5) is 31.0. The number of piperazine rings is 1. The molecule has 2 heterocycles. The Morgan fingerprint density at radius 1 is 0.720 bits per heavy atom. The number of nitrogens with zero attached hydrogens (tertiary/aromatic N) is 3. The number of carbonyl (C=O) groups is 2. The van der Waals surface area contributed by atoms with Crippen molar-refractivity contribution in [3.8, 4) is 0 Å². The topological polar surface area (TPSA) is 55.9 Å². The van der Waals surface area contributed by atoms with Gasteiger partial charge in [-0.2, -0.15) is 0 Å². The summed E-state index contributed by atoms with van der Waals surface area (Å²) >= 11 is 0. The fraction of sp³-hybridized carbons (Fsp3) is 0.895. The summed E-state index contributed by atoms with van der Waals surface area (Å²) in [5.74, 6) is 0.450. The number of nitrogens with one attached hydrogen (secondary N) is 1. The highest BCUT2D eigenvalue weighted by molar-refractivity contribution is 5.79. The van der Waals surface area contributed by atoms with Crippen LogP contribution in [-0.2, 0) is 9.59 Å². The number of hydrogen-bond donors (Lipinski definition) is 1. The van der Waals surface area contributed by atoms with Crippen molar-refractivity contribution in [2.24, 2.45) is 0 Å². The van der Waals surface area contributed by atoms with Gasteiger partial charge in [-0.05, 0) is 25.7 Å². The maximum atomic E-state index is 12.3. The Bertz CT molecular complexity index is 435. The smallest absolute Gasteiger partial charge is 0.236 e. The zero-order chi connectivity index (χ0) is 17.5. The van der Waals surface area contributed by atoms with Crippen LogP contribution in [0.5, 0.6) is 0 Å². The number of carbonyl (C=O) groups excluding carboxylic acids is 2. The van der Waals surface area contributed by atoms with Gasteiger partial charge in [-0.3, -0.25) is 19.4 Å². The van der Waals surface area contributed by atoms with Crippen molar-refractivity contribution in [3.63, 3.8) is 0 Å². The van der Waals surface area contributed by atoms with Crippen molar-refractivity contribution in [3.05, 3.63) is 0 Å². The SMILES string of the molecule is O=C(CN1CCN(CC(=O)N2CCCC2)CC1)NC1CCCCCC1. The van der Waals surface area contributed by atoms with E-state index >= 15 is 0 Å². The molecular weight excluding hydrogens is 316 g/mol. The molecule has 142 valence electrons. The van der Waals surface area contributed by atoms with Crippen molar-refractivity contribution < 1.29 is 9.59 Å². The molecule has 2 saturated heterocycles. The first-order valence-corrected chi connectivity index (χ1v) is 10.2. The van der Waals surface area contributed by atoms with Gasteiger partial charge in [-0.1, -0.05) is 25.7 Å². The molecule has 3 fully saturated rings. The Labute approximate surface area is 151 Å². The molecule has 2 aliphatic heterocycles. The minimum atomic E-state index is 0.175. The molecule has 1 aliphatic carbocycles. The van der Waals surface area contributed by atoms with Gasteiger partial charge in [0.2, 0.25) is 11.8 Å². The molecule has 3 rings (SSSR count). The molecule has 0 aromatic rings. The van der Waals surface area contributed by atoms with Crippen LogP contribution in [0.3, 0.4) is 0 Å². The van der Waals surface area contributed by atoms with Gasteiger partial charge >= 0.3 is 0 Å². The van der Waals surface area contributed by atoms with Crippen LogP contribution in [-0.4, -0.2) is 84.9 Å². The molecule has 0 atom stereocenters. The maximum Gasteiger partial charge on any atom is 0.236 e. The first-order valence-electron chi connectivity index (χ1n) is 10.2. The highest BCUT2D eigenvalue weighted by atomic mass is 16.2. The Morgan fingerprint density at radius 3 is 1.88 bits per heavy atom. The normalized spacial score (nSPS) is 24.2. The molecule has 0 spiro atoms. The second-order valence-electron chi connectivity index (χ2n) is 7.90. The quantitative estimate of drug-likeness (QED) is 0.754. The van der Waals surface area contributed by atoms with Crippen molar-refractivity contribution in [1.82, 2.24) is 20.0 Å². The van der Waals surface area contributed by atoms with E-state index in [1.165, 1.54) is 25.7 Å². The Balaban J connectivity index is 1.33. The van der Waals surface area contributed by atoms with Crippen LogP contribution in [0.4, 0.5) is 0 Å². The predicted molar refractivity (Wildman–Crippen MR) is 98.3 cm³/mol. The number of likely N-dealkylation sites (tertiary alicyclic amines) is 1. The van der Waals surface area contributed by atoms with E-state index in [1.807, 2.05) is 4.90 Å². The van der Waals surface area contributed by atoms with Gasteiger partial charge in [-0.25, -0.2) is 0 Å². The standard InChI is InChI=1S/C19H34N4O2/c24-18(20-17-7-3-1-2-4-8-17)15-21-11-13-22(14-12-21)16-19(25)23-9-5-6-10-23/h17H,1-16H2,(H,20,24). The van der Waals surface area contributed by atoms with Crippen molar-refractivity contribution in [2.75, 3.05) is 52.4 Å². The molecule has 0 unspecified atom stereocenters. The highest BCUT2D eigenvalue weighted by Gasteiger charge is 2.24. The predicted octanol–water partition coefficient (Wildman–Crippen LogP) is 1.07. The Morgan fingerprint density at radius 2 is 1.28 bits per heavy atom. The zero-order valence-electron chi connectivity index (χ0n) is 15.5. The summed E-state index contributed by atoms with van der Waals surface area (Å²) < 4.78 is 0. The molecule has 0 aromatic heterocycles. The van der Waals surface area contributed by atoms with E-state index in [9.17, 15) is 9.59 Å². The molecule has 1 N–H and O–H groups in total. The van der Waals surface area contributed by atoms with E-state index in [0.717, 1.165) is 65.0 Å². The van der Waals surface area contributed by atoms with E-state index < -0.39 is 0 Å². The Hall–Kier alpha value is -1.14. The van der Waals surface area contributed by atoms with E-state index in [4.69, 9.17) is 0 Å². The van der Waals surface area contributed by atoms with Crippen LogP contribution >= 0.6 is 0 Å². The van der Waals surface area contributed by atoms with E-state index in [2.05, 4.69) is 15.1 Å². The molecule has 6 heteroatoms. The lowest BCUT2D eigenvalue weighted by Crippen LogP contribution is -2.52. The van der Waals surface area contributed by atoms with Gasteiger partial charge in [0.05, 0.1) is 13.1 Å². The van der Waals surface area contributed by atoms with E-state index in [0.29, 0.717) is 19.1 Å². The van der Waals surface area contributed by atoms with Gasteiger partial charge in [0.25, 0.3) is 0 Å². The van der Waals surface area contributed by atoms with Gasteiger partial charge in [0, 0.05) is 45.3 Å². The highest BCUT2D eigenvalue weighted by Crippen LogP contribution is 2.17. The molecular formula is C19H34N4O2. The first kappa shape index (κ1) is 18.6. The van der Waals surface area contributed by atoms with Crippen molar-refractivity contribution in [1.29, 1.82) is 0 Å². The molecule has 25 heavy (non-hydrogen) atoms. The van der Waals surface area contributed by atoms with E-state index in [1.54, 1.807) is 0 Å². The van der Waals surface area contributed by atoms with Crippen LogP contribution in [0, 0.1) is 0 Å². The summed E-state index contributed by atoms with van der Waals surface area (Å²) in [5.41, 5.74) is 0. The van der Waals surface area contributed by atoms with E-state index in [-0.39, 0.29) is 11.8 Å². The molecule has 0 radical (unpaired) electrons. The fourth-order valence-electron chi connectivity index (χ4n) is 4.26. The lowest BCUT2D eigenvalue weighted by Gasteiger charge is -2.34. The number of hydrogen-bond acceptors (Lipinski definition) is 4. The van der Waals surface area contributed by atoms with Gasteiger partial charge in [-0.15, -0.1) is 0 Å². The first-order chi connectivity index (χ1) is 12.2. The molecule has 0 bridgehead atoms. The average molecular weight is 351 g/mol. The van der Waals surface area contributed by atoms with Crippen LogP contribution < -0.4 is 5.32 Å². The van der Waals surface area contributed by atoms with Gasteiger partial charge in [0.1, 0.15) is 0 Å². The van der Waals surface area contributed by atoms with Crippen LogP contribution in [0.1, 0.15) is 51.4 Å². The van der Waals surface area contributed by atoms with Crippen molar-refractivity contribution >= 4 is 11.8 Å². The summed E-state index contributed by atoms with van der Waals surface area (Å²) in [6.07, 6.45) is 9.68. The van der Waals surface area contributed by atoms with Crippen LogP contribution in [0.15, 0.2) is 0 Å². The van der Waals surface area contributed by atoms with Gasteiger partial charge in [0.15, 0.2) is 0 Å². The third-order valence-corrected chi connectivity index (χ3v) is 5.87. The molecule has 2 amide bonds. The summed E-state index contributed by atoms with van der Waals surface area (Å²) in [7, 11) is 0. The van der Waals surface area contributed by atoms with Crippen molar-refractivity contribution in [2.45, 2.75) is 57.4 Å². The monoisotopic (exact) mass is 350 g/mol. The average Bonchev–Trinajstić information content (AvgIpc) is 3.03. The van der Waals surface area contributed by atoms with Gasteiger partial charge < -0.3 is 10.2 Å². The third kappa shape index (κ3) is 5.96. The summed E-state index contributed by atoms with van der Waals surface area (Å²) in [6, 6.07) is 0.384. The Kier molecular flexibility index (Phi) is 7.11. The lowest BCUT2D eigenvalue weighted by molar-refractivity contribution is -0.132. The summed E-state index contributed by atoms with van der Waals surface area (Å²) in [5, 5.41) is 3.23. The third-order valence-electron chi connectivity index (χ3n) is 5.87. The summed E-state index contributed by atoms with van der Waals surface area (Å²) in [6.45, 7) is 6.44. The zero-order valence-corrected chi connectivity index (χ0v) is 15.5. The minimum Gasteiger partial charge on any atom is -0.352 e. The molecule has 1 saturated carbocycles. The van der Waals surface area contributed by atoms with Crippen LogP contribution in [0.2, 0.25) is 0 Å². The lowest BCUT2D eigenvalue weighted by atomic mass is 10.1. The number of rotatable bonds is 5. The maximum absolute atomic E-state index is 12.3. The molecule has 6 nitrogen and oxygen atoms in total. The molecule has 0 aromatic carbocycles. The largest absolute Gasteiger partial charge is 0.352 e. The molecule has 3 aliphatic rings.